The molecular formula is C11H9ClO2. The Bertz CT molecular complexity index is 555. The van der Waals surface area contributed by atoms with E-state index in [1.54, 1.807) is 0 Å². The normalized spacial score (nSPS) is 10.8. The second-order valence-electron chi connectivity index (χ2n) is 3.33. The smallest absolute Gasteiger partial charge is 0.355 e. The van der Waals surface area contributed by atoms with Gasteiger partial charge in [-0.05, 0) is 31.0 Å². The first kappa shape index (κ1) is 9.28. The highest BCUT2D eigenvalue weighted by Crippen LogP contribution is 2.22. The van der Waals surface area contributed by atoms with Crippen LogP contribution in [-0.2, 0) is 0 Å². The van der Waals surface area contributed by atoms with Crippen LogP contribution in [0.1, 0.15) is 11.1 Å². The summed E-state index contributed by atoms with van der Waals surface area (Å²) in [6, 6.07) is 5.71. The summed E-state index contributed by atoms with van der Waals surface area (Å²) < 4.78 is 5.07. The molecule has 1 aromatic heterocycles. The summed E-state index contributed by atoms with van der Waals surface area (Å²) in [4.78, 5) is 11.3. The van der Waals surface area contributed by atoms with E-state index in [-0.39, 0.29) is 5.02 Å². The van der Waals surface area contributed by atoms with Crippen LogP contribution < -0.4 is 5.63 Å². The van der Waals surface area contributed by atoms with Crippen LogP contribution in [-0.4, -0.2) is 0 Å². The fourth-order valence-corrected chi connectivity index (χ4v) is 1.58. The van der Waals surface area contributed by atoms with Gasteiger partial charge < -0.3 is 4.42 Å². The molecule has 2 nitrogen and oxygen atoms in total. The van der Waals surface area contributed by atoms with E-state index in [1.807, 2.05) is 32.0 Å². The van der Waals surface area contributed by atoms with E-state index in [9.17, 15) is 4.79 Å². The van der Waals surface area contributed by atoms with Gasteiger partial charge >= 0.3 is 5.63 Å². The zero-order chi connectivity index (χ0) is 10.3. The monoisotopic (exact) mass is 208 g/mol. The molecule has 0 aliphatic carbocycles. The Labute approximate surface area is 86.1 Å². The Kier molecular flexibility index (Phi) is 2.08. The molecule has 1 heterocycles. The molecule has 72 valence electrons. The minimum atomic E-state index is -0.470. The highest BCUT2D eigenvalue weighted by Gasteiger charge is 2.08. The first-order valence-electron chi connectivity index (χ1n) is 4.29. The molecule has 0 spiro atoms. The Balaban J connectivity index is 2.98. The van der Waals surface area contributed by atoms with Gasteiger partial charge in [-0.3, -0.25) is 0 Å². The summed E-state index contributed by atoms with van der Waals surface area (Å²) >= 11 is 5.79. The molecule has 0 bridgehead atoms. The Morgan fingerprint density at radius 2 is 2.00 bits per heavy atom. The number of fused-ring (bicyclic) bond motifs is 1. The highest BCUT2D eigenvalue weighted by atomic mass is 35.5. The molecule has 0 fully saturated rings. The van der Waals surface area contributed by atoms with Crippen molar-refractivity contribution >= 4 is 22.6 Å². The van der Waals surface area contributed by atoms with Crippen molar-refractivity contribution in [1.29, 1.82) is 0 Å². The summed E-state index contributed by atoms with van der Waals surface area (Å²) in [6.07, 6.45) is 0. The fourth-order valence-electron chi connectivity index (χ4n) is 1.44. The summed E-state index contributed by atoms with van der Waals surface area (Å²) in [5.41, 5.74) is 1.96. The zero-order valence-corrected chi connectivity index (χ0v) is 8.68. The number of benzene rings is 1. The van der Waals surface area contributed by atoms with Gasteiger partial charge in [-0.15, -0.1) is 0 Å². The molecule has 14 heavy (non-hydrogen) atoms. The zero-order valence-electron chi connectivity index (χ0n) is 7.93. The van der Waals surface area contributed by atoms with Crippen LogP contribution in [0.3, 0.4) is 0 Å². The first-order chi connectivity index (χ1) is 6.59. The van der Waals surface area contributed by atoms with Crippen LogP contribution in [0, 0.1) is 13.8 Å². The van der Waals surface area contributed by atoms with Crippen LogP contribution in [0.4, 0.5) is 0 Å². The molecule has 0 aliphatic rings. The Morgan fingerprint density at radius 1 is 1.29 bits per heavy atom. The minimum Gasteiger partial charge on any atom is -0.422 e. The van der Waals surface area contributed by atoms with Crippen molar-refractivity contribution in [3.63, 3.8) is 0 Å². The van der Waals surface area contributed by atoms with E-state index in [4.69, 9.17) is 16.0 Å². The van der Waals surface area contributed by atoms with Crippen LogP contribution in [0.2, 0.25) is 5.02 Å². The maximum absolute atomic E-state index is 11.3. The molecule has 1 aromatic carbocycles. The predicted molar refractivity (Wildman–Crippen MR) is 57.0 cm³/mol. The summed E-state index contributed by atoms with van der Waals surface area (Å²) in [5, 5.41) is 1.06. The van der Waals surface area contributed by atoms with E-state index in [0.717, 1.165) is 16.5 Å². The Morgan fingerprint density at radius 3 is 2.71 bits per heavy atom. The molecule has 0 N–H and O–H groups in total. The number of halogens is 1. The number of aryl methyl sites for hydroxylation is 2. The molecule has 2 aromatic rings. The molecular weight excluding hydrogens is 200 g/mol. The second-order valence-corrected chi connectivity index (χ2v) is 3.71. The van der Waals surface area contributed by atoms with Crippen molar-refractivity contribution in [2.45, 2.75) is 13.8 Å². The second kappa shape index (κ2) is 3.14. The predicted octanol–water partition coefficient (Wildman–Crippen LogP) is 3.06. The van der Waals surface area contributed by atoms with E-state index >= 15 is 0 Å². The van der Waals surface area contributed by atoms with Crippen molar-refractivity contribution in [3.8, 4) is 0 Å². The van der Waals surface area contributed by atoms with Crippen molar-refractivity contribution in [3.05, 3.63) is 44.8 Å². The third-order valence-corrected chi connectivity index (χ3v) is 2.69. The molecule has 0 unspecified atom stereocenters. The van der Waals surface area contributed by atoms with E-state index in [2.05, 4.69) is 0 Å². The van der Waals surface area contributed by atoms with E-state index in [1.165, 1.54) is 0 Å². The van der Waals surface area contributed by atoms with Gasteiger partial charge in [0.15, 0.2) is 0 Å². The quantitative estimate of drug-likeness (QED) is 0.623. The van der Waals surface area contributed by atoms with Crippen LogP contribution in [0.15, 0.2) is 27.4 Å². The molecule has 0 amide bonds. The van der Waals surface area contributed by atoms with Crippen molar-refractivity contribution in [2.24, 2.45) is 0 Å². The lowest BCUT2D eigenvalue weighted by atomic mass is 10.1. The van der Waals surface area contributed by atoms with Gasteiger partial charge in [0.25, 0.3) is 0 Å². The SMILES string of the molecule is Cc1ccc2c(C)c(Cl)c(=O)oc2c1. The molecule has 0 saturated carbocycles. The van der Waals surface area contributed by atoms with Gasteiger partial charge in [0.2, 0.25) is 0 Å². The molecule has 0 atom stereocenters. The molecule has 3 heteroatoms. The summed E-state index contributed by atoms with van der Waals surface area (Å²) in [7, 11) is 0. The maximum Gasteiger partial charge on any atom is 0.355 e. The van der Waals surface area contributed by atoms with E-state index in [0.29, 0.717) is 5.58 Å². The van der Waals surface area contributed by atoms with Gasteiger partial charge in [0.1, 0.15) is 10.6 Å². The van der Waals surface area contributed by atoms with Gasteiger partial charge in [0, 0.05) is 5.39 Å². The van der Waals surface area contributed by atoms with E-state index < -0.39 is 5.63 Å². The highest BCUT2D eigenvalue weighted by molar-refractivity contribution is 6.31. The van der Waals surface area contributed by atoms with Crippen molar-refractivity contribution < 1.29 is 4.42 Å². The van der Waals surface area contributed by atoms with Gasteiger partial charge in [-0.2, -0.15) is 0 Å². The van der Waals surface area contributed by atoms with Crippen LogP contribution in [0.5, 0.6) is 0 Å². The van der Waals surface area contributed by atoms with Crippen molar-refractivity contribution in [1.82, 2.24) is 0 Å². The summed E-state index contributed by atoms with van der Waals surface area (Å²) in [6.45, 7) is 3.76. The third-order valence-electron chi connectivity index (χ3n) is 2.25. The first-order valence-corrected chi connectivity index (χ1v) is 4.67. The average molecular weight is 209 g/mol. The Hall–Kier alpha value is -1.28. The fraction of sp³-hybridized carbons (Fsp3) is 0.182. The molecule has 0 saturated heterocycles. The van der Waals surface area contributed by atoms with Crippen LogP contribution in [0.25, 0.3) is 11.0 Å². The molecule has 0 radical (unpaired) electrons. The topological polar surface area (TPSA) is 30.2 Å². The molecule has 2 rings (SSSR count). The third kappa shape index (κ3) is 1.32. The maximum atomic E-state index is 11.3. The van der Waals surface area contributed by atoms with Gasteiger partial charge in [-0.1, -0.05) is 23.7 Å². The summed E-state index contributed by atoms with van der Waals surface area (Å²) in [5.74, 6) is 0. The number of hydrogen-bond donors (Lipinski definition) is 0. The van der Waals surface area contributed by atoms with Gasteiger partial charge in [-0.25, -0.2) is 4.79 Å². The minimum absolute atomic E-state index is 0.168. The van der Waals surface area contributed by atoms with Gasteiger partial charge in [0.05, 0.1) is 0 Å². The molecule has 0 aliphatic heterocycles. The largest absolute Gasteiger partial charge is 0.422 e. The lowest BCUT2D eigenvalue weighted by Gasteiger charge is -2.02. The average Bonchev–Trinajstić information content (AvgIpc) is 2.14. The standard InChI is InChI=1S/C11H9ClO2/c1-6-3-4-8-7(2)10(12)11(13)14-9(8)5-6/h3-5H,1-2H3. The lowest BCUT2D eigenvalue weighted by Crippen LogP contribution is -2.01. The van der Waals surface area contributed by atoms with Crippen LogP contribution >= 0.6 is 11.6 Å². The number of rotatable bonds is 0. The van der Waals surface area contributed by atoms with Crippen molar-refractivity contribution in [2.75, 3.05) is 0 Å². The number of hydrogen-bond acceptors (Lipinski definition) is 2. The lowest BCUT2D eigenvalue weighted by molar-refractivity contribution is 0.560.